The molecule has 0 radical (unpaired) electrons. The summed E-state index contributed by atoms with van der Waals surface area (Å²) in [7, 11) is 0. The summed E-state index contributed by atoms with van der Waals surface area (Å²) in [5, 5.41) is 11.7. The molecule has 22 heavy (non-hydrogen) atoms. The van der Waals surface area contributed by atoms with Gasteiger partial charge in [0.2, 0.25) is 11.8 Å². The number of carbonyl (C=O) groups is 3. The Bertz CT molecular complexity index is 630. The van der Waals surface area contributed by atoms with E-state index in [4.69, 9.17) is 5.11 Å². The smallest absolute Gasteiger partial charge is 0.326 e. The van der Waals surface area contributed by atoms with Gasteiger partial charge in [0.25, 0.3) is 0 Å². The molecule has 0 spiro atoms. The average molecular weight is 320 g/mol. The molecule has 116 valence electrons. The van der Waals surface area contributed by atoms with Gasteiger partial charge in [0.05, 0.1) is 11.4 Å². The number of nitrogens with one attached hydrogen (secondary N) is 1. The Balaban J connectivity index is 1.70. The van der Waals surface area contributed by atoms with E-state index in [1.165, 1.54) is 16.7 Å². The molecule has 0 aromatic heterocycles. The Hall–Kier alpha value is -2.02. The van der Waals surface area contributed by atoms with E-state index in [0.717, 1.165) is 17.7 Å². The third kappa shape index (κ3) is 3.09. The lowest BCUT2D eigenvalue weighted by atomic mass is 10.2. The fourth-order valence-corrected chi connectivity index (χ4v) is 3.44. The van der Waals surface area contributed by atoms with Crippen molar-refractivity contribution < 1.29 is 19.5 Å². The predicted octanol–water partition coefficient (Wildman–Crippen LogP) is 1.10. The number of hydrogen-bond donors (Lipinski definition) is 2. The summed E-state index contributed by atoms with van der Waals surface area (Å²) in [5.74, 6) is -1.29. The van der Waals surface area contributed by atoms with Crippen molar-refractivity contribution in [2.75, 3.05) is 17.2 Å². The number of nitrogens with zero attached hydrogens (tertiary/aromatic N) is 1. The Morgan fingerprint density at radius 3 is 2.77 bits per heavy atom. The number of anilines is 1. The topological polar surface area (TPSA) is 86.7 Å². The minimum Gasteiger partial charge on any atom is -0.480 e. The number of carboxylic acids is 1. The van der Waals surface area contributed by atoms with Crippen LogP contribution in [0.15, 0.2) is 29.2 Å². The van der Waals surface area contributed by atoms with Crippen molar-refractivity contribution in [2.24, 2.45) is 5.92 Å². The van der Waals surface area contributed by atoms with Crippen molar-refractivity contribution in [1.29, 1.82) is 0 Å². The minimum atomic E-state index is -1.02. The van der Waals surface area contributed by atoms with Crippen molar-refractivity contribution in [3.63, 3.8) is 0 Å². The SMILES string of the molecule is O=C(CN1C(=O)CSc2ccccc21)NC(C(=O)O)C1CC1. The van der Waals surface area contributed by atoms with Crippen LogP contribution in [0.5, 0.6) is 0 Å². The molecular formula is C15H16N2O4S. The highest BCUT2D eigenvalue weighted by atomic mass is 32.2. The zero-order chi connectivity index (χ0) is 15.7. The molecule has 1 aliphatic carbocycles. The van der Waals surface area contributed by atoms with Crippen molar-refractivity contribution in [1.82, 2.24) is 5.32 Å². The number of rotatable bonds is 5. The van der Waals surface area contributed by atoms with Gasteiger partial charge in [-0.05, 0) is 30.9 Å². The molecule has 3 rings (SSSR count). The molecule has 1 unspecified atom stereocenters. The Morgan fingerprint density at radius 2 is 2.09 bits per heavy atom. The van der Waals surface area contributed by atoms with E-state index in [1.807, 2.05) is 18.2 Å². The van der Waals surface area contributed by atoms with Gasteiger partial charge in [-0.25, -0.2) is 4.79 Å². The summed E-state index contributed by atoms with van der Waals surface area (Å²) in [6, 6.07) is 6.54. The van der Waals surface area contributed by atoms with Crippen LogP contribution < -0.4 is 10.2 Å². The molecular weight excluding hydrogens is 304 g/mol. The van der Waals surface area contributed by atoms with Crippen LogP contribution in [0, 0.1) is 5.92 Å². The summed E-state index contributed by atoms with van der Waals surface area (Å²) >= 11 is 1.44. The summed E-state index contributed by atoms with van der Waals surface area (Å²) in [6.45, 7) is -0.146. The van der Waals surface area contributed by atoms with Crippen LogP contribution in [0.3, 0.4) is 0 Å². The summed E-state index contributed by atoms with van der Waals surface area (Å²) in [5.41, 5.74) is 0.706. The molecule has 1 atom stereocenters. The minimum absolute atomic E-state index is 0.0151. The van der Waals surface area contributed by atoms with Crippen molar-refractivity contribution in [3.8, 4) is 0 Å². The molecule has 2 amide bonds. The number of para-hydroxylation sites is 1. The first kappa shape index (κ1) is 14.9. The molecule has 2 aliphatic rings. The second-order valence-corrected chi connectivity index (χ2v) is 6.47. The van der Waals surface area contributed by atoms with Gasteiger partial charge in [0.1, 0.15) is 12.6 Å². The molecule has 0 saturated heterocycles. The van der Waals surface area contributed by atoms with Gasteiger partial charge >= 0.3 is 5.97 Å². The number of fused-ring (bicyclic) bond motifs is 1. The third-order valence-corrected chi connectivity index (χ3v) is 4.83. The van der Waals surface area contributed by atoms with Crippen LogP contribution in [0.4, 0.5) is 5.69 Å². The van der Waals surface area contributed by atoms with Gasteiger partial charge in [0, 0.05) is 4.90 Å². The highest BCUT2D eigenvalue weighted by Gasteiger charge is 2.37. The predicted molar refractivity (Wildman–Crippen MR) is 81.8 cm³/mol. The van der Waals surface area contributed by atoms with E-state index in [0.29, 0.717) is 5.69 Å². The highest BCUT2D eigenvalue weighted by Crippen LogP contribution is 2.35. The van der Waals surface area contributed by atoms with Crippen molar-refractivity contribution in [2.45, 2.75) is 23.8 Å². The molecule has 1 saturated carbocycles. The summed E-state index contributed by atoms with van der Waals surface area (Å²) in [4.78, 5) is 37.8. The third-order valence-electron chi connectivity index (χ3n) is 3.79. The zero-order valence-electron chi connectivity index (χ0n) is 11.8. The summed E-state index contributed by atoms with van der Waals surface area (Å²) < 4.78 is 0. The van der Waals surface area contributed by atoms with Gasteiger partial charge in [-0.15, -0.1) is 11.8 Å². The van der Waals surface area contributed by atoms with Gasteiger partial charge in [-0.2, -0.15) is 0 Å². The standard InChI is InChI=1S/C15H16N2O4S/c18-12(16-14(15(20)21)9-5-6-9)7-17-10-3-1-2-4-11(10)22-8-13(17)19/h1-4,9,14H,5-8H2,(H,16,18)(H,20,21). The first-order chi connectivity index (χ1) is 10.6. The molecule has 2 N–H and O–H groups in total. The second-order valence-electron chi connectivity index (χ2n) is 5.46. The van der Waals surface area contributed by atoms with E-state index in [1.54, 1.807) is 6.07 Å². The molecule has 1 aromatic carbocycles. The fourth-order valence-electron chi connectivity index (χ4n) is 2.50. The van der Waals surface area contributed by atoms with Gasteiger partial charge in [-0.1, -0.05) is 12.1 Å². The van der Waals surface area contributed by atoms with E-state index in [-0.39, 0.29) is 24.1 Å². The maximum Gasteiger partial charge on any atom is 0.326 e. The Labute approximate surface area is 131 Å². The molecule has 1 aliphatic heterocycles. The number of hydrogen-bond acceptors (Lipinski definition) is 4. The monoisotopic (exact) mass is 320 g/mol. The van der Waals surface area contributed by atoms with E-state index < -0.39 is 17.9 Å². The average Bonchev–Trinajstić information content (AvgIpc) is 3.32. The van der Waals surface area contributed by atoms with Crippen molar-refractivity contribution in [3.05, 3.63) is 24.3 Å². The maximum absolute atomic E-state index is 12.1. The van der Waals surface area contributed by atoms with Crippen molar-refractivity contribution >= 4 is 35.2 Å². The normalized spacial score (nSPS) is 18.5. The zero-order valence-corrected chi connectivity index (χ0v) is 12.6. The number of aliphatic carboxylic acids is 1. The molecule has 0 bridgehead atoms. The molecule has 7 heteroatoms. The van der Waals surface area contributed by atoms with Crippen LogP contribution in [-0.2, 0) is 14.4 Å². The number of amides is 2. The largest absolute Gasteiger partial charge is 0.480 e. The maximum atomic E-state index is 12.1. The Morgan fingerprint density at radius 1 is 1.36 bits per heavy atom. The lowest BCUT2D eigenvalue weighted by Crippen LogP contribution is -2.49. The summed E-state index contributed by atoms with van der Waals surface area (Å²) in [6.07, 6.45) is 1.64. The molecule has 1 aromatic rings. The van der Waals surface area contributed by atoms with Crippen LogP contribution in [-0.4, -0.2) is 41.2 Å². The van der Waals surface area contributed by atoms with Crippen LogP contribution >= 0.6 is 11.8 Å². The highest BCUT2D eigenvalue weighted by molar-refractivity contribution is 8.00. The number of carbonyl (C=O) groups excluding carboxylic acids is 2. The van der Waals surface area contributed by atoms with Crippen LogP contribution in [0.1, 0.15) is 12.8 Å². The van der Waals surface area contributed by atoms with Gasteiger partial charge in [0.15, 0.2) is 0 Å². The van der Waals surface area contributed by atoms with E-state index in [2.05, 4.69) is 5.32 Å². The fraction of sp³-hybridized carbons (Fsp3) is 0.400. The number of thioether (sulfide) groups is 1. The molecule has 1 heterocycles. The van der Waals surface area contributed by atoms with Crippen LogP contribution in [0.25, 0.3) is 0 Å². The van der Waals surface area contributed by atoms with E-state index in [9.17, 15) is 14.4 Å². The van der Waals surface area contributed by atoms with E-state index >= 15 is 0 Å². The molecule has 1 fully saturated rings. The lowest BCUT2D eigenvalue weighted by molar-refractivity contribution is -0.142. The first-order valence-electron chi connectivity index (χ1n) is 7.10. The second kappa shape index (κ2) is 6.00. The van der Waals surface area contributed by atoms with Crippen LogP contribution in [0.2, 0.25) is 0 Å². The van der Waals surface area contributed by atoms with Gasteiger partial charge < -0.3 is 15.3 Å². The van der Waals surface area contributed by atoms with Gasteiger partial charge in [-0.3, -0.25) is 9.59 Å². The first-order valence-corrected chi connectivity index (χ1v) is 8.09. The number of carboxylic acid groups (broad SMARTS) is 1. The lowest BCUT2D eigenvalue weighted by Gasteiger charge is -2.28. The Kier molecular flexibility index (Phi) is 4.06. The molecule has 6 nitrogen and oxygen atoms in total. The number of benzene rings is 1. The quantitative estimate of drug-likeness (QED) is 0.848.